The van der Waals surface area contributed by atoms with Crippen LogP contribution in [0.4, 0.5) is 5.69 Å². The predicted molar refractivity (Wildman–Crippen MR) is 85.0 cm³/mol. The summed E-state index contributed by atoms with van der Waals surface area (Å²) >= 11 is 0. The van der Waals surface area contributed by atoms with Crippen molar-refractivity contribution in [2.45, 2.75) is 13.3 Å². The van der Waals surface area contributed by atoms with Crippen LogP contribution in [-0.4, -0.2) is 24.3 Å². The molecule has 5 heteroatoms. The molecule has 0 N–H and O–H groups in total. The fourth-order valence-electron chi connectivity index (χ4n) is 2.76. The van der Waals surface area contributed by atoms with E-state index in [9.17, 15) is 10.1 Å². The molecular weight excluding hydrogens is 280 g/mol. The van der Waals surface area contributed by atoms with Crippen LogP contribution >= 0.6 is 0 Å². The lowest BCUT2D eigenvalue weighted by Crippen LogP contribution is -2.14. The van der Waals surface area contributed by atoms with Crippen LogP contribution < -0.4 is 4.74 Å². The van der Waals surface area contributed by atoms with Crippen molar-refractivity contribution in [2.75, 3.05) is 13.7 Å². The molecule has 0 saturated heterocycles. The summed E-state index contributed by atoms with van der Waals surface area (Å²) < 4.78 is 5.27. The zero-order valence-electron chi connectivity index (χ0n) is 12.5. The molecule has 3 rings (SSSR count). The van der Waals surface area contributed by atoms with Gasteiger partial charge in [0.15, 0.2) is 0 Å². The average Bonchev–Trinajstić information content (AvgIpc) is 2.53. The first-order valence-electron chi connectivity index (χ1n) is 7.07. The summed E-state index contributed by atoms with van der Waals surface area (Å²) in [4.78, 5) is 15.2. The number of nitrogens with zero attached hydrogens (tertiary/aromatic N) is 2. The van der Waals surface area contributed by atoms with Crippen LogP contribution in [0.1, 0.15) is 22.3 Å². The molecule has 0 bridgehead atoms. The number of rotatable bonds is 3. The van der Waals surface area contributed by atoms with Gasteiger partial charge in [0, 0.05) is 29.3 Å². The Bertz CT molecular complexity index is 781. The molecule has 5 nitrogen and oxygen atoms in total. The van der Waals surface area contributed by atoms with Crippen molar-refractivity contribution in [2.24, 2.45) is 4.99 Å². The van der Waals surface area contributed by atoms with Crippen LogP contribution in [0.15, 0.2) is 41.4 Å². The molecule has 0 aromatic heterocycles. The highest BCUT2D eigenvalue weighted by atomic mass is 16.6. The Hall–Kier alpha value is -2.69. The molecule has 0 atom stereocenters. The summed E-state index contributed by atoms with van der Waals surface area (Å²) in [6.45, 7) is 2.46. The number of nitro groups is 1. The minimum atomic E-state index is -0.361. The third-order valence-electron chi connectivity index (χ3n) is 3.89. The number of aryl methyl sites for hydroxylation is 1. The SMILES string of the molecule is COc1ccc2c(c1)CCN=C2c1ccc([N+](=O)[O-])c(C)c1. The Morgan fingerprint density at radius 3 is 2.73 bits per heavy atom. The Labute approximate surface area is 128 Å². The first kappa shape index (κ1) is 14.3. The van der Waals surface area contributed by atoms with Gasteiger partial charge in [0.25, 0.3) is 5.69 Å². The van der Waals surface area contributed by atoms with Gasteiger partial charge in [0.2, 0.25) is 0 Å². The largest absolute Gasteiger partial charge is 0.497 e. The topological polar surface area (TPSA) is 64.7 Å². The number of nitro benzene ring substituents is 1. The third-order valence-corrected chi connectivity index (χ3v) is 3.89. The van der Waals surface area contributed by atoms with Crippen molar-refractivity contribution in [3.8, 4) is 5.75 Å². The van der Waals surface area contributed by atoms with Crippen molar-refractivity contribution < 1.29 is 9.66 Å². The van der Waals surface area contributed by atoms with Gasteiger partial charge in [-0.2, -0.15) is 0 Å². The molecule has 1 heterocycles. The van der Waals surface area contributed by atoms with E-state index in [-0.39, 0.29) is 10.6 Å². The van der Waals surface area contributed by atoms with E-state index < -0.39 is 0 Å². The van der Waals surface area contributed by atoms with E-state index in [1.54, 1.807) is 26.2 Å². The van der Waals surface area contributed by atoms with Crippen LogP contribution in [0.5, 0.6) is 5.75 Å². The fraction of sp³-hybridized carbons (Fsp3) is 0.235. The third kappa shape index (κ3) is 2.45. The molecule has 22 heavy (non-hydrogen) atoms. The molecule has 0 spiro atoms. The van der Waals surface area contributed by atoms with Gasteiger partial charge in [0.05, 0.1) is 17.7 Å². The number of benzene rings is 2. The van der Waals surface area contributed by atoms with E-state index >= 15 is 0 Å². The highest BCUT2D eigenvalue weighted by molar-refractivity contribution is 6.14. The molecule has 0 aliphatic carbocycles. The lowest BCUT2D eigenvalue weighted by molar-refractivity contribution is -0.385. The second-order valence-electron chi connectivity index (χ2n) is 5.26. The second kappa shape index (κ2) is 5.60. The molecule has 0 radical (unpaired) electrons. The second-order valence-corrected chi connectivity index (χ2v) is 5.26. The monoisotopic (exact) mass is 296 g/mol. The molecule has 0 fully saturated rings. The Morgan fingerprint density at radius 2 is 2.05 bits per heavy atom. The maximum Gasteiger partial charge on any atom is 0.272 e. The van der Waals surface area contributed by atoms with Gasteiger partial charge >= 0.3 is 0 Å². The minimum absolute atomic E-state index is 0.134. The zero-order valence-corrected chi connectivity index (χ0v) is 12.5. The van der Waals surface area contributed by atoms with Gasteiger partial charge in [-0.15, -0.1) is 0 Å². The number of aliphatic imine (C=N–C) groups is 1. The molecule has 0 amide bonds. The van der Waals surface area contributed by atoms with E-state index in [0.717, 1.165) is 29.0 Å². The summed E-state index contributed by atoms with van der Waals surface area (Å²) in [5.74, 6) is 0.833. The average molecular weight is 296 g/mol. The van der Waals surface area contributed by atoms with Crippen LogP contribution in [-0.2, 0) is 6.42 Å². The molecule has 1 aliphatic rings. The summed E-state index contributed by atoms with van der Waals surface area (Å²) in [5, 5.41) is 10.9. The van der Waals surface area contributed by atoms with E-state index in [4.69, 9.17) is 4.74 Å². The first-order valence-corrected chi connectivity index (χ1v) is 7.07. The smallest absolute Gasteiger partial charge is 0.272 e. The molecule has 0 saturated carbocycles. The van der Waals surface area contributed by atoms with Gasteiger partial charge in [0.1, 0.15) is 5.75 Å². The molecule has 1 aliphatic heterocycles. The van der Waals surface area contributed by atoms with Crippen molar-refractivity contribution in [3.63, 3.8) is 0 Å². The lowest BCUT2D eigenvalue weighted by atomic mass is 9.92. The highest BCUT2D eigenvalue weighted by Gasteiger charge is 2.18. The molecule has 2 aromatic carbocycles. The standard InChI is InChI=1S/C17H16N2O3/c1-11-9-13(3-6-16(11)19(20)21)17-15-5-4-14(22-2)10-12(15)7-8-18-17/h3-6,9-10H,7-8H2,1-2H3. The number of fused-ring (bicyclic) bond motifs is 1. The van der Waals surface area contributed by atoms with Crippen molar-refractivity contribution in [3.05, 3.63) is 68.8 Å². The molecule has 112 valence electrons. The van der Waals surface area contributed by atoms with Gasteiger partial charge < -0.3 is 4.74 Å². The summed E-state index contributed by atoms with van der Waals surface area (Å²) in [6, 6.07) is 11.1. The maximum absolute atomic E-state index is 10.9. The van der Waals surface area contributed by atoms with Crippen LogP contribution in [0.25, 0.3) is 0 Å². The molecule has 0 unspecified atom stereocenters. The summed E-state index contributed by atoms with van der Waals surface area (Å²) in [6.07, 6.45) is 0.877. The van der Waals surface area contributed by atoms with Crippen LogP contribution in [0.3, 0.4) is 0 Å². The highest BCUT2D eigenvalue weighted by Crippen LogP contribution is 2.27. The number of ether oxygens (including phenoxy) is 1. The van der Waals surface area contributed by atoms with E-state index in [1.807, 2.05) is 24.3 Å². The zero-order chi connectivity index (χ0) is 15.7. The number of hydrogen-bond acceptors (Lipinski definition) is 4. The summed E-state index contributed by atoms with van der Waals surface area (Å²) in [5.41, 5.74) is 4.85. The Morgan fingerprint density at radius 1 is 1.23 bits per heavy atom. The molecular formula is C17H16N2O3. The van der Waals surface area contributed by atoms with Gasteiger partial charge in [-0.1, -0.05) is 0 Å². The Kier molecular flexibility index (Phi) is 3.63. The summed E-state index contributed by atoms with van der Waals surface area (Å²) in [7, 11) is 1.65. The predicted octanol–water partition coefficient (Wildman–Crippen LogP) is 3.31. The van der Waals surface area contributed by atoms with Crippen molar-refractivity contribution in [1.82, 2.24) is 0 Å². The van der Waals surface area contributed by atoms with Gasteiger partial charge in [-0.25, -0.2) is 0 Å². The number of methoxy groups -OCH3 is 1. The van der Waals surface area contributed by atoms with E-state index in [1.165, 1.54) is 5.56 Å². The van der Waals surface area contributed by atoms with Crippen molar-refractivity contribution in [1.29, 1.82) is 0 Å². The van der Waals surface area contributed by atoms with Crippen molar-refractivity contribution >= 4 is 11.4 Å². The van der Waals surface area contributed by atoms with E-state index in [0.29, 0.717) is 12.1 Å². The Balaban J connectivity index is 2.05. The number of hydrogen-bond donors (Lipinski definition) is 0. The van der Waals surface area contributed by atoms with Gasteiger partial charge in [-0.05, 0) is 49.2 Å². The minimum Gasteiger partial charge on any atom is -0.497 e. The van der Waals surface area contributed by atoms with E-state index in [2.05, 4.69) is 4.99 Å². The fourth-order valence-corrected chi connectivity index (χ4v) is 2.76. The molecule has 2 aromatic rings. The van der Waals surface area contributed by atoms with Crippen LogP contribution in [0.2, 0.25) is 0 Å². The normalized spacial score (nSPS) is 13.3. The lowest BCUT2D eigenvalue weighted by Gasteiger charge is -2.18. The van der Waals surface area contributed by atoms with Gasteiger partial charge in [-0.3, -0.25) is 15.1 Å². The quantitative estimate of drug-likeness (QED) is 0.644. The van der Waals surface area contributed by atoms with Crippen LogP contribution in [0, 0.1) is 17.0 Å². The first-order chi connectivity index (χ1) is 10.6. The maximum atomic E-state index is 10.9.